The number of nitriles is 1. The van der Waals surface area contributed by atoms with E-state index in [1.165, 1.54) is 9.26 Å². The van der Waals surface area contributed by atoms with Gasteiger partial charge in [-0.1, -0.05) is 0 Å². The van der Waals surface area contributed by atoms with Gasteiger partial charge in [0.05, 0.1) is 27.4 Å². The Morgan fingerprint density at radius 2 is 2.58 bits per heavy atom. The molecule has 1 aliphatic heterocycles. The summed E-state index contributed by atoms with van der Waals surface area (Å²) >= 11 is 2.27. The number of hydrogen-bond donors (Lipinski definition) is 0. The lowest BCUT2D eigenvalue weighted by Gasteiger charge is -2.17. The standard InChI is InChI=1S/C8H8IN3/c9-7-5-11-12-2-1-6(4-10)3-8(7)12/h5-6H,1-3H2. The first kappa shape index (κ1) is 8.05. The van der Waals surface area contributed by atoms with Crippen molar-refractivity contribution in [2.75, 3.05) is 0 Å². The lowest BCUT2D eigenvalue weighted by molar-refractivity contribution is 0.426. The van der Waals surface area contributed by atoms with Gasteiger partial charge in [-0.2, -0.15) is 10.4 Å². The maximum atomic E-state index is 8.76. The van der Waals surface area contributed by atoms with Crippen LogP contribution in [0.4, 0.5) is 0 Å². The Balaban J connectivity index is 2.33. The molecular formula is C8H8IN3. The molecule has 12 heavy (non-hydrogen) atoms. The molecular weight excluding hydrogens is 265 g/mol. The summed E-state index contributed by atoms with van der Waals surface area (Å²) in [5.74, 6) is 0.197. The minimum atomic E-state index is 0.197. The van der Waals surface area contributed by atoms with Crippen molar-refractivity contribution in [3.05, 3.63) is 15.5 Å². The minimum Gasteiger partial charge on any atom is -0.268 e. The van der Waals surface area contributed by atoms with Gasteiger partial charge >= 0.3 is 0 Å². The van der Waals surface area contributed by atoms with E-state index in [0.717, 1.165) is 19.4 Å². The van der Waals surface area contributed by atoms with Crippen molar-refractivity contribution in [3.63, 3.8) is 0 Å². The molecule has 0 bridgehead atoms. The lowest BCUT2D eigenvalue weighted by atomic mass is 9.98. The smallest absolute Gasteiger partial charge is 0.0660 e. The van der Waals surface area contributed by atoms with Crippen LogP contribution < -0.4 is 0 Å². The van der Waals surface area contributed by atoms with Gasteiger partial charge in [-0.05, 0) is 29.0 Å². The van der Waals surface area contributed by atoms with Crippen LogP contribution in [0.15, 0.2) is 6.20 Å². The molecule has 1 aliphatic rings. The van der Waals surface area contributed by atoms with E-state index in [4.69, 9.17) is 5.26 Å². The van der Waals surface area contributed by atoms with Gasteiger partial charge in [-0.15, -0.1) is 0 Å². The van der Waals surface area contributed by atoms with E-state index < -0.39 is 0 Å². The van der Waals surface area contributed by atoms with Gasteiger partial charge in [0.2, 0.25) is 0 Å². The Bertz CT molecular complexity index is 337. The zero-order valence-electron chi connectivity index (χ0n) is 6.50. The van der Waals surface area contributed by atoms with Gasteiger partial charge in [0, 0.05) is 13.0 Å². The van der Waals surface area contributed by atoms with E-state index >= 15 is 0 Å². The Kier molecular flexibility index (Phi) is 2.05. The molecule has 0 aromatic carbocycles. The second-order valence-electron chi connectivity index (χ2n) is 2.98. The third-order valence-electron chi connectivity index (χ3n) is 2.21. The molecule has 1 unspecified atom stereocenters. The van der Waals surface area contributed by atoms with E-state index in [1.807, 2.05) is 10.9 Å². The number of nitrogens with zero attached hydrogens (tertiary/aromatic N) is 3. The van der Waals surface area contributed by atoms with Gasteiger partial charge < -0.3 is 0 Å². The molecule has 4 heteroatoms. The number of halogens is 1. The van der Waals surface area contributed by atoms with E-state index in [2.05, 4.69) is 33.8 Å². The van der Waals surface area contributed by atoms with Crippen LogP contribution in [0.3, 0.4) is 0 Å². The van der Waals surface area contributed by atoms with Crippen LogP contribution in [0.2, 0.25) is 0 Å². The molecule has 0 spiro atoms. The number of aryl methyl sites for hydroxylation is 1. The monoisotopic (exact) mass is 273 g/mol. The fourth-order valence-corrected chi connectivity index (χ4v) is 2.13. The molecule has 1 aromatic rings. The van der Waals surface area contributed by atoms with Crippen molar-refractivity contribution >= 4 is 22.6 Å². The highest BCUT2D eigenvalue weighted by molar-refractivity contribution is 14.1. The molecule has 0 aliphatic carbocycles. The first-order chi connectivity index (χ1) is 5.81. The van der Waals surface area contributed by atoms with Crippen LogP contribution in [0.1, 0.15) is 12.1 Å². The molecule has 2 heterocycles. The predicted molar refractivity (Wildman–Crippen MR) is 52.4 cm³/mol. The first-order valence-electron chi connectivity index (χ1n) is 3.91. The molecule has 0 radical (unpaired) electrons. The van der Waals surface area contributed by atoms with E-state index in [1.54, 1.807) is 0 Å². The zero-order chi connectivity index (χ0) is 8.55. The zero-order valence-corrected chi connectivity index (χ0v) is 8.65. The van der Waals surface area contributed by atoms with Gasteiger partial charge in [0.1, 0.15) is 0 Å². The third kappa shape index (κ3) is 1.22. The van der Waals surface area contributed by atoms with Crippen molar-refractivity contribution in [2.45, 2.75) is 19.4 Å². The maximum absolute atomic E-state index is 8.76. The fraction of sp³-hybridized carbons (Fsp3) is 0.500. The van der Waals surface area contributed by atoms with Crippen molar-refractivity contribution in [2.24, 2.45) is 5.92 Å². The van der Waals surface area contributed by atoms with Gasteiger partial charge in [-0.25, -0.2) is 0 Å². The Labute approximate surface area is 84.5 Å². The van der Waals surface area contributed by atoms with Crippen molar-refractivity contribution in [1.29, 1.82) is 5.26 Å². The summed E-state index contributed by atoms with van der Waals surface area (Å²) in [7, 11) is 0. The summed E-state index contributed by atoms with van der Waals surface area (Å²) in [6.45, 7) is 0.899. The summed E-state index contributed by atoms with van der Waals surface area (Å²) in [5, 5.41) is 13.0. The topological polar surface area (TPSA) is 41.6 Å². The molecule has 0 saturated carbocycles. The van der Waals surface area contributed by atoms with Gasteiger partial charge in [0.15, 0.2) is 0 Å². The van der Waals surface area contributed by atoms with Gasteiger partial charge in [0.25, 0.3) is 0 Å². The Morgan fingerprint density at radius 1 is 1.75 bits per heavy atom. The molecule has 0 saturated heterocycles. The first-order valence-corrected chi connectivity index (χ1v) is 4.99. The molecule has 2 rings (SSSR count). The molecule has 1 atom stereocenters. The van der Waals surface area contributed by atoms with E-state index in [9.17, 15) is 0 Å². The van der Waals surface area contributed by atoms with Crippen LogP contribution >= 0.6 is 22.6 Å². The normalized spacial score (nSPS) is 21.5. The van der Waals surface area contributed by atoms with Crippen LogP contribution in [0.5, 0.6) is 0 Å². The van der Waals surface area contributed by atoms with Crippen LogP contribution in [-0.4, -0.2) is 9.78 Å². The van der Waals surface area contributed by atoms with Gasteiger partial charge in [-0.3, -0.25) is 4.68 Å². The van der Waals surface area contributed by atoms with Crippen LogP contribution in [0, 0.1) is 20.8 Å². The molecule has 0 fully saturated rings. The molecule has 62 valence electrons. The second kappa shape index (κ2) is 3.05. The molecule has 0 N–H and O–H groups in total. The summed E-state index contributed by atoms with van der Waals surface area (Å²) in [4.78, 5) is 0. The van der Waals surface area contributed by atoms with E-state index in [-0.39, 0.29) is 5.92 Å². The molecule has 3 nitrogen and oxygen atoms in total. The van der Waals surface area contributed by atoms with E-state index in [0.29, 0.717) is 0 Å². The summed E-state index contributed by atoms with van der Waals surface area (Å²) in [6.07, 6.45) is 3.69. The highest BCUT2D eigenvalue weighted by Crippen LogP contribution is 2.22. The number of rotatable bonds is 0. The Morgan fingerprint density at radius 3 is 3.33 bits per heavy atom. The number of hydrogen-bond acceptors (Lipinski definition) is 2. The van der Waals surface area contributed by atoms with Crippen molar-refractivity contribution in [1.82, 2.24) is 9.78 Å². The molecule has 1 aromatic heterocycles. The average molecular weight is 273 g/mol. The summed E-state index contributed by atoms with van der Waals surface area (Å²) in [6, 6.07) is 2.32. The number of aromatic nitrogens is 2. The SMILES string of the molecule is N#CC1CCn2ncc(I)c2C1. The highest BCUT2D eigenvalue weighted by atomic mass is 127. The van der Waals surface area contributed by atoms with Crippen LogP contribution in [-0.2, 0) is 13.0 Å². The van der Waals surface area contributed by atoms with Crippen molar-refractivity contribution < 1.29 is 0 Å². The summed E-state index contributed by atoms with van der Waals surface area (Å²) in [5.41, 5.74) is 1.23. The average Bonchev–Trinajstić information content (AvgIpc) is 2.47. The minimum absolute atomic E-state index is 0.197. The molecule has 0 amide bonds. The van der Waals surface area contributed by atoms with Crippen molar-refractivity contribution in [3.8, 4) is 6.07 Å². The number of fused-ring (bicyclic) bond motifs is 1. The maximum Gasteiger partial charge on any atom is 0.0660 e. The van der Waals surface area contributed by atoms with Crippen LogP contribution in [0.25, 0.3) is 0 Å². The lowest BCUT2D eigenvalue weighted by Crippen LogP contribution is -2.19. The largest absolute Gasteiger partial charge is 0.268 e. The fourth-order valence-electron chi connectivity index (χ4n) is 1.51. The predicted octanol–water partition coefficient (Wildman–Crippen LogP) is 1.57. The quantitative estimate of drug-likeness (QED) is 0.673. The third-order valence-corrected chi connectivity index (χ3v) is 3.11. The Hall–Kier alpha value is -0.570. The second-order valence-corrected chi connectivity index (χ2v) is 4.14. The highest BCUT2D eigenvalue weighted by Gasteiger charge is 2.20. The summed E-state index contributed by atoms with van der Waals surface area (Å²) < 4.78 is 3.20.